The van der Waals surface area contributed by atoms with E-state index in [1.807, 2.05) is 25.2 Å². The van der Waals surface area contributed by atoms with Crippen LogP contribution in [0.2, 0.25) is 0 Å². The first-order chi connectivity index (χ1) is 8.18. The molecule has 17 heavy (non-hydrogen) atoms. The summed E-state index contributed by atoms with van der Waals surface area (Å²) >= 11 is 0. The van der Waals surface area contributed by atoms with Crippen LogP contribution in [-0.2, 0) is 4.79 Å². The molecule has 1 rings (SSSR count). The van der Waals surface area contributed by atoms with Crippen molar-refractivity contribution >= 4 is 12.0 Å². The van der Waals surface area contributed by atoms with Gasteiger partial charge in [0.05, 0.1) is 0 Å². The summed E-state index contributed by atoms with van der Waals surface area (Å²) in [6, 6.07) is 10.1. The Morgan fingerprint density at radius 3 is 2.71 bits per heavy atom. The van der Waals surface area contributed by atoms with Crippen molar-refractivity contribution in [1.29, 1.82) is 0 Å². The molecule has 1 N–H and O–H groups in total. The largest absolute Gasteiger partial charge is 0.481 e. The minimum Gasteiger partial charge on any atom is -0.481 e. The molecule has 0 fully saturated rings. The molecule has 3 heteroatoms. The van der Waals surface area contributed by atoms with Crippen LogP contribution in [0.3, 0.4) is 0 Å². The highest BCUT2D eigenvalue weighted by molar-refractivity contribution is 5.66. The van der Waals surface area contributed by atoms with Crippen LogP contribution in [0.1, 0.15) is 18.4 Å². The van der Waals surface area contributed by atoms with Gasteiger partial charge in [-0.1, -0.05) is 42.5 Å². The maximum Gasteiger partial charge on any atom is 0.303 e. The smallest absolute Gasteiger partial charge is 0.303 e. The summed E-state index contributed by atoms with van der Waals surface area (Å²) in [6.45, 7) is 1.65. The Balaban J connectivity index is 2.21. The van der Waals surface area contributed by atoms with E-state index in [0.29, 0.717) is 6.42 Å². The second kappa shape index (κ2) is 7.63. The standard InChI is InChI=1S/C14H19NO2/c1-15(12-6-10-14(16)17)11-5-9-13-7-3-2-4-8-13/h2-5,7-9H,6,10-12H2,1H3,(H,16,17)/b9-5+. The number of hydrogen-bond acceptors (Lipinski definition) is 2. The van der Waals surface area contributed by atoms with Crippen molar-refractivity contribution in [3.05, 3.63) is 42.0 Å². The van der Waals surface area contributed by atoms with E-state index in [1.54, 1.807) is 0 Å². The minimum absolute atomic E-state index is 0.243. The third-order valence-corrected chi connectivity index (χ3v) is 2.46. The summed E-state index contributed by atoms with van der Waals surface area (Å²) in [5.74, 6) is -0.724. The molecule has 0 aliphatic rings. The second-order valence-electron chi connectivity index (χ2n) is 4.07. The molecule has 0 spiro atoms. The summed E-state index contributed by atoms with van der Waals surface area (Å²) in [4.78, 5) is 12.5. The average Bonchev–Trinajstić information content (AvgIpc) is 2.30. The van der Waals surface area contributed by atoms with Gasteiger partial charge >= 0.3 is 5.97 Å². The van der Waals surface area contributed by atoms with Crippen LogP contribution in [0, 0.1) is 0 Å². The number of rotatable bonds is 7. The van der Waals surface area contributed by atoms with Crippen molar-refractivity contribution in [1.82, 2.24) is 4.90 Å². The van der Waals surface area contributed by atoms with E-state index in [0.717, 1.165) is 13.1 Å². The Kier molecular flexibility index (Phi) is 6.04. The first-order valence-corrected chi connectivity index (χ1v) is 5.80. The lowest BCUT2D eigenvalue weighted by molar-refractivity contribution is -0.137. The van der Waals surface area contributed by atoms with Crippen molar-refractivity contribution in [2.45, 2.75) is 12.8 Å². The molecule has 0 aliphatic carbocycles. The van der Waals surface area contributed by atoms with Gasteiger partial charge in [-0.3, -0.25) is 4.79 Å². The van der Waals surface area contributed by atoms with E-state index in [1.165, 1.54) is 5.56 Å². The fraction of sp³-hybridized carbons (Fsp3) is 0.357. The van der Waals surface area contributed by atoms with Crippen molar-refractivity contribution in [2.75, 3.05) is 20.1 Å². The molecular weight excluding hydrogens is 214 g/mol. The Morgan fingerprint density at radius 2 is 2.06 bits per heavy atom. The number of carboxylic acids is 1. The normalized spacial score (nSPS) is 11.2. The van der Waals surface area contributed by atoms with Gasteiger partial charge in [0.1, 0.15) is 0 Å². The summed E-state index contributed by atoms with van der Waals surface area (Å²) in [7, 11) is 2.00. The molecule has 3 nitrogen and oxygen atoms in total. The number of nitrogens with zero attached hydrogens (tertiary/aromatic N) is 1. The van der Waals surface area contributed by atoms with Gasteiger partial charge in [-0.15, -0.1) is 0 Å². The number of likely N-dealkylation sites (N-methyl/N-ethyl adjacent to an activating group) is 1. The SMILES string of the molecule is CN(C/C=C/c1ccccc1)CCCC(=O)O. The molecule has 0 unspecified atom stereocenters. The predicted octanol–water partition coefficient (Wildman–Crippen LogP) is 2.50. The lowest BCUT2D eigenvalue weighted by Gasteiger charge is -2.12. The van der Waals surface area contributed by atoms with E-state index in [4.69, 9.17) is 5.11 Å². The highest BCUT2D eigenvalue weighted by Crippen LogP contribution is 2.01. The summed E-state index contributed by atoms with van der Waals surface area (Å²) < 4.78 is 0. The molecule has 1 aromatic carbocycles. The van der Waals surface area contributed by atoms with Gasteiger partial charge in [0.25, 0.3) is 0 Å². The van der Waals surface area contributed by atoms with Crippen LogP contribution in [-0.4, -0.2) is 36.1 Å². The van der Waals surface area contributed by atoms with Crippen LogP contribution in [0.5, 0.6) is 0 Å². The third kappa shape index (κ3) is 6.53. The number of hydrogen-bond donors (Lipinski definition) is 1. The highest BCUT2D eigenvalue weighted by atomic mass is 16.4. The topological polar surface area (TPSA) is 40.5 Å². The van der Waals surface area contributed by atoms with E-state index >= 15 is 0 Å². The van der Waals surface area contributed by atoms with Gasteiger partial charge in [0, 0.05) is 13.0 Å². The number of benzene rings is 1. The number of carboxylic acid groups (broad SMARTS) is 1. The lowest BCUT2D eigenvalue weighted by Crippen LogP contribution is -2.20. The van der Waals surface area contributed by atoms with Crippen LogP contribution < -0.4 is 0 Å². The van der Waals surface area contributed by atoms with Crippen molar-refractivity contribution in [3.63, 3.8) is 0 Å². The first kappa shape index (κ1) is 13.5. The monoisotopic (exact) mass is 233 g/mol. The molecule has 92 valence electrons. The van der Waals surface area contributed by atoms with Crippen molar-refractivity contribution < 1.29 is 9.90 Å². The van der Waals surface area contributed by atoms with Gasteiger partial charge in [-0.2, -0.15) is 0 Å². The Labute approximate surface area is 102 Å². The Morgan fingerprint density at radius 1 is 1.35 bits per heavy atom. The third-order valence-electron chi connectivity index (χ3n) is 2.46. The van der Waals surface area contributed by atoms with E-state index in [2.05, 4.69) is 29.2 Å². The fourth-order valence-corrected chi connectivity index (χ4v) is 1.52. The van der Waals surface area contributed by atoms with Crippen molar-refractivity contribution in [2.24, 2.45) is 0 Å². The predicted molar refractivity (Wildman–Crippen MR) is 69.8 cm³/mol. The van der Waals surface area contributed by atoms with Gasteiger partial charge < -0.3 is 10.0 Å². The zero-order valence-corrected chi connectivity index (χ0v) is 10.2. The van der Waals surface area contributed by atoms with Gasteiger partial charge in [-0.05, 0) is 25.6 Å². The summed E-state index contributed by atoms with van der Waals surface area (Å²) in [5.41, 5.74) is 1.19. The zero-order valence-electron chi connectivity index (χ0n) is 10.2. The van der Waals surface area contributed by atoms with Crippen molar-refractivity contribution in [3.8, 4) is 0 Å². The summed E-state index contributed by atoms with van der Waals surface area (Å²) in [6.07, 6.45) is 5.11. The summed E-state index contributed by atoms with van der Waals surface area (Å²) in [5, 5.41) is 8.52. The molecule has 0 aliphatic heterocycles. The zero-order chi connectivity index (χ0) is 12.5. The molecule has 0 amide bonds. The lowest BCUT2D eigenvalue weighted by atomic mass is 10.2. The number of carbonyl (C=O) groups is 1. The van der Waals surface area contributed by atoms with Crippen LogP contribution >= 0.6 is 0 Å². The molecule has 1 aromatic rings. The van der Waals surface area contributed by atoms with Crippen LogP contribution in [0.15, 0.2) is 36.4 Å². The maximum absolute atomic E-state index is 10.3. The van der Waals surface area contributed by atoms with Crippen LogP contribution in [0.4, 0.5) is 0 Å². The van der Waals surface area contributed by atoms with Gasteiger partial charge in [0.2, 0.25) is 0 Å². The molecule has 0 aromatic heterocycles. The molecule has 0 atom stereocenters. The maximum atomic E-state index is 10.3. The molecular formula is C14H19NO2. The Bertz CT molecular complexity index is 360. The molecule has 0 radical (unpaired) electrons. The van der Waals surface area contributed by atoms with E-state index in [9.17, 15) is 4.79 Å². The fourth-order valence-electron chi connectivity index (χ4n) is 1.52. The first-order valence-electron chi connectivity index (χ1n) is 5.80. The quantitative estimate of drug-likeness (QED) is 0.786. The van der Waals surface area contributed by atoms with Gasteiger partial charge in [-0.25, -0.2) is 0 Å². The average molecular weight is 233 g/mol. The molecule has 0 heterocycles. The van der Waals surface area contributed by atoms with E-state index < -0.39 is 5.97 Å². The second-order valence-corrected chi connectivity index (χ2v) is 4.07. The van der Waals surface area contributed by atoms with E-state index in [-0.39, 0.29) is 6.42 Å². The Hall–Kier alpha value is -1.61. The van der Waals surface area contributed by atoms with Gasteiger partial charge in [0.15, 0.2) is 0 Å². The highest BCUT2D eigenvalue weighted by Gasteiger charge is 1.99. The molecule has 0 saturated carbocycles. The molecule has 0 saturated heterocycles. The number of aliphatic carboxylic acids is 1. The molecule has 0 bridgehead atoms. The van der Waals surface area contributed by atoms with Crippen LogP contribution in [0.25, 0.3) is 6.08 Å². The minimum atomic E-state index is -0.724.